The molecule has 0 spiro atoms. The van der Waals surface area contributed by atoms with Crippen LogP contribution in [0.1, 0.15) is 50.7 Å². The molecule has 1 N–H and O–H groups in total. The molecule has 206 valence electrons. The van der Waals surface area contributed by atoms with Crippen LogP contribution in [0.3, 0.4) is 0 Å². The highest BCUT2D eigenvalue weighted by Gasteiger charge is 2.41. The fourth-order valence-electron chi connectivity index (χ4n) is 5.79. The summed E-state index contributed by atoms with van der Waals surface area (Å²) in [4.78, 5) is 15.4. The van der Waals surface area contributed by atoms with E-state index < -0.39 is 11.6 Å². The summed E-state index contributed by atoms with van der Waals surface area (Å²) >= 11 is 0. The molecule has 1 atom stereocenters. The molecule has 0 amide bonds. The predicted octanol–water partition coefficient (Wildman–Crippen LogP) is 7.60. The quantitative estimate of drug-likeness (QED) is 0.409. The molecule has 1 fully saturated rings. The number of nitrogens with zero attached hydrogens (tertiary/aromatic N) is 1. The van der Waals surface area contributed by atoms with E-state index in [4.69, 9.17) is 9.47 Å². The van der Waals surface area contributed by atoms with Gasteiger partial charge in [-0.15, -0.1) is 0 Å². The summed E-state index contributed by atoms with van der Waals surface area (Å²) in [5.41, 5.74) is 4.48. The molecular formula is C35H37NO4. The highest BCUT2D eigenvalue weighted by Crippen LogP contribution is 2.46. The molecule has 1 unspecified atom stereocenters. The molecule has 2 aliphatic carbocycles. The Labute approximate surface area is 237 Å². The minimum atomic E-state index is -0.893. The highest BCUT2D eigenvalue weighted by molar-refractivity contribution is 5.96. The first-order valence-corrected chi connectivity index (χ1v) is 14.2. The average Bonchev–Trinajstić information content (AvgIpc) is 3.41. The van der Waals surface area contributed by atoms with Crippen molar-refractivity contribution in [2.75, 3.05) is 25.1 Å². The Morgan fingerprint density at radius 3 is 2.27 bits per heavy atom. The maximum absolute atomic E-state index is 13.0. The SMILES string of the molecule is CC.COC(=O)C1=C(O)C2=C(C=CCC=C2)CC2=C1C=CC(c1ccccc1)(c1ccc(N3CCCC3)cc1)O2. The van der Waals surface area contributed by atoms with Crippen LogP contribution < -0.4 is 4.90 Å². The van der Waals surface area contributed by atoms with Gasteiger partial charge in [-0.25, -0.2) is 4.79 Å². The van der Waals surface area contributed by atoms with E-state index in [1.807, 2.05) is 62.4 Å². The van der Waals surface area contributed by atoms with Crippen molar-refractivity contribution in [1.82, 2.24) is 0 Å². The second kappa shape index (κ2) is 11.9. The summed E-state index contributed by atoms with van der Waals surface area (Å²) in [6.07, 6.45) is 15.4. The highest BCUT2D eigenvalue weighted by atomic mass is 16.5. The molecule has 5 nitrogen and oxygen atoms in total. The van der Waals surface area contributed by atoms with Gasteiger partial charge < -0.3 is 19.5 Å². The fraction of sp³-hybridized carbons (Fsp3) is 0.286. The molecule has 2 aromatic rings. The third-order valence-electron chi connectivity index (χ3n) is 7.76. The lowest BCUT2D eigenvalue weighted by Gasteiger charge is -2.37. The Kier molecular flexibility index (Phi) is 8.11. The molecule has 0 bridgehead atoms. The largest absolute Gasteiger partial charge is 0.506 e. The number of benzene rings is 2. The second-order valence-electron chi connectivity index (χ2n) is 9.99. The van der Waals surface area contributed by atoms with E-state index in [2.05, 4.69) is 47.4 Å². The fourth-order valence-corrected chi connectivity index (χ4v) is 5.79. The monoisotopic (exact) mass is 535 g/mol. The van der Waals surface area contributed by atoms with Crippen molar-refractivity contribution in [3.8, 4) is 0 Å². The Hall–Kier alpha value is -4.25. The Balaban J connectivity index is 0.00000158. The Morgan fingerprint density at radius 1 is 0.900 bits per heavy atom. The van der Waals surface area contributed by atoms with Gasteiger partial charge in [-0.2, -0.15) is 0 Å². The molecular weight excluding hydrogens is 498 g/mol. The molecule has 40 heavy (non-hydrogen) atoms. The number of ether oxygens (including phenoxy) is 2. The van der Waals surface area contributed by atoms with E-state index in [1.165, 1.54) is 25.6 Å². The van der Waals surface area contributed by atoms with Crippen molar-refractivity contribution in [3.05, 3.63) is 136 Å². The topological polar surface area (TPSA) is 59.0 Å². The van der Waals surface area contributed by atoms with Crippen LogP contribution in [-0.2, 0) is 19.9 Å². The molecule has 2 aliphatic heterocycles. The molecule has 2 heterocycles. The summed E-state index contributed by atoms with van der Waals surface area (Å²) in [6, 6.07) is 18.8. The lowest BCUT2D eigenvalue weighted by Crippen LogP contribution is -2.32. The number of rotatable bonds is 4. The normalized spacial score (nSPS) is 21.6. The van der Waals surface area contributed by atoms with Crippen molar-refractivity contribution >= 4 is 11.7 Å². The van der Waals surface area contributed by atoms with Crippen LogP contribution in [-0.4, -0.2) is 31.3 Å². The Morgan fingerprint density at radius 2 is 1.57 bits per heavy atom. The molecule has 5 heteroatoms. The molecule has 2 aromatic carbocycles. The number of carbonyl (C=O) groups is 1. The van der Waals surface area contributed by atoms with E-state index in [9.17, 15) is 9.90 Å². The third kappa shape index (κ3) is 4.92. The third-order valence-corrected chi connectivity index (χ3v) is 7.76. The van der Waals surface area contributed by atoms with Crippen LogP contribution in [0.25, 0.3) is 0 Å². The number of aliphatic hydroxyl groups is 1. The second-order valence-corrected chi connectivity index (χ2v) is 9.99. The summed E-state index contributed by atoms with van der Waals surface area (Å²) in [7, 11) is 1.33. The summed E-state index contributed by atoms with van der Waals surface area (Å²) in [5, 5.41) is 11.3. The number of esters is 1. The average molecular weight is 536 g/mol. The van der Waals surface area contributed by atoms with Gasteiger partial charge in [-0.3, -0.25) is 0 Å². The van der Waals surface area contributed by atoms with Gasteiger partial charge in [-0.05, 0) is 49.1 Å². The zero-order valence-corrected chi connectivity index (χ0v) is 23.5. The molecule has 6 rings (SSSR count). The zero-order valence-electron chi connectivity index (χ0n) is 23.5. The van der Waals surface area contributed by atoms with Crippen LogP contribution in [0, 0.1) is 0 Å². The van der Waals surface area contributed by atoms with Gasteiger partial charge in [0.1, 0.15) is 17.1 Å². The van der Waals surface area contributed by atoms with E-state index in [-0.39, 0.29) is 11.3 Å². The minimum absolute atomic E-state index is 0.0879. The lowest BCUT2D eigenvalue weighted by atomic mass is 9.82. The predicted molar refractivity (Wildman–Crippen MR) is 160 cm³/mol. The summed E-state index contributed by atoms with van der Waals surface area (Å²) in [6.45, 7) is 6.17. The minimum Gasteiger partial charge on any atom is -0.506 e. The van der Waals surface area contributed by atoms with Crippen molar-refractivity contribution in [1.29, 1.82) is 0 Å². The van der Waals surface area contributed by atoms with Crippen LogP contribution >= 0.6 is 0 Å². The molecule has 0 saturated carbocycles. The molecule has 4 aliphatic rings. The van der Waals surface area contributed by atoms with Crippen LogP contribution in [0.2, 0.25) is 0 Å². The summed E-state index contributed by atoms with van der Waals surface area (Å²) in [5.74, 6) is -0.0623. The van der Waals surface area contributed by atoms with Gasteiger partial charge in [0.25, 0.3) is 0 Å². The summed E-state index contributed by atoms with van der Waals surface area (Å²) < 4.78 is 12.1. The van der Waals surface area contributed by atoms with Crippen LogP contribution in [0.15, 0.2) is 125 Å². The number of allylic oxidation sites excluding steroid dienone is 6. The first-order valence-electron chi connectivity index (χ1n) is 14.2. The number of hydrogen-bond acceptors (Lipinski definition) is 5. The van der Waals surface area contributed by atoms with E-state index in [0.29, 0.717) is 23.3 Å². The van der Waals surface area contributed by atoms with Gasteiger partial charge in [0, 0.05) is 47.5 Å². The smallest absolute Gasteiger partial charge is 0.342 e. The van der Waals surface area contributed by atoms with Crippen molar-refractivity contribution < 1.29 is 19.4 Å². The van der Waals surface area contributed by atoms with Crippen molar-refractivity contribution in [2.24, 2.45) is 0 Å². The Bertz CT molecular complexity index is 1430. The first-order chi connectivity index (χ1) is 19.6. The van der Waals surface area contributed by atoms with Gasteiger partial charge in [0.15, 0.2) is 5.60 Å². The lowest BCUT2D eigenvalue weighted by molar-refractivity contribution is -0.136. The van der Waals surface area contributed by atoms with Gasteiger partial charge >= 0.3 is 5.97 Å². The van der Waals surface area contributed by atoms with Gasteiger partial charge in [0.2, 0.25) is 0 Å². The standard InChI is InChI=1S/C33H31NO4.C2H6/c1-37-32(36)30-28-18-19-33(24-11-5-3-6-12-24,25-14-16-26(17-15-25)34-20-8-9-21-34)38-29(28)22-23-10-4-2-7-13-27(23)31(30)35;1-2/h3-7,10-19,35H,2,8-9,20-22H2,1H3;1-2H3. The van der Waals surface area contributed by atoms with E-state index >= 15 is 0 Å². The van der Waals surface area contributed by atoms with Gasteiger partial charge in [-0.1, -0.05) is 80.6 Å². The maximum atomic E-state index is 13.0. The number of methoxy groups -OCH3 is 1. The number of aliphatic hydroxyl groups excluding tert-OH is 1. The van der Waals surface area contributed by atoms with Crippen LogP contribution in [0.5, 0.6) is 0 Å². The van der Waals surface area contributed by atoms with Crippen molar-refractivity contribution in [2.45, 2.75) is 45.1 Å². The first kappa shape index (κ1) is 27.3. The van der Waals surface area contributed by atoms with Crippen molar-refractivity contribution in [3.63, 3.8) is 0 Å². The zero-order chi connectivity index (χ0) is 28.1. The molecule has 1 saturated heterocycles. The number of anilines is 1. The number of hydrogen-bond donors (Lipinski definition) is 1. The maximum Gasteiger partial charge on any atom is 0.342 e. The van der Waals surface area contributed by atoms with Gasteiger partial charge in [0.05, 0.1) is 7.11 Å². The van der Waals surface area contributed by atoms with E-state index in [0.717, 1.165) is 36.2 Å². The number of carbonyl (C=O) groups excluding carboxylic acids is 1. The van der Waals surface area contributed by atoms with E-state index in [1.54, 1.807) is 0 Å². The van der Waals surface area contributed by atoms with Crippen LogP contribution in [0.4, 0.5) is 5.69 Å². The molecule has 0 radical (unpaired) electrons. The molecule has 0 aromatic heterocycles.